The van der Waals surface area contributed by atoms with Crippen molar-refractivity contribution >= 4 is 5.69 Å². The van der Waals surface area contributed by atoms with Crippen LogP contribution in [0.4, 0.5) is 5.69 Å². The first kappa shape index (κ1) is 12.4. The zero-order valence-electron chi connectivity index (χ0n) is 11.4. The maximum atomic E-state index is 3.27. The molecule has 0 radical (unpaired) electrons. The van der Waals surface area contributed by atoms with Gasteiger partial charge in [-0.2, -0.15) is 0 Å². The van der Waals surface area contributed by atoms with Crippen LogP contribution in [0.3, 0.4) is 0 Å². The molecule has 0 aromatic heterocycles. The van der Waals surface area contributed by atoms with Gasteiger partial charge < -0.3 is 10.2 Å². The normalized spacial score (nSPS) is 26.2. The number of benzene rings is 1. The molecule has 3 unspecified atom stereocenters. The van der Waals surface area contributed by atoms with Crippen molar-refractivity contribution in [1.29, 1.82) is 0 Å². The third-order valence-corrected chi connectivity index (χ3v) is 3.94. The topological polar surface area (TPSA) is 15.3 Å². The highest BCUT2D eigenvalue weighted by molar-refractivity contribution is 5.49. The predicted octanol–water partition coefficient (Wildman–Crippen LogP) is 3.20. The molecule has 1 fully saturated rings. The van der Waals surface area contributed by atoms with Gasteiger partial charge in [0, 0.05) is 24.3 Å². The van der Waals surface area contributed by atoms with E-state index in [1.165, 1.54) is 24.2 Å². The molecule has 1 heterocycles. The van der Waals surface area contributed by atoms with E-state index in [1.54, 1.807) is 0 Å². The molecule has 1 aromatic rings. The van der Waals surface area contributed by atoms with Crippen molar-refractivity contribution in [1.82, 2.24) is 5.32 Å². The fraction of sp³-hybridized carbons (Fsp3) is 0.600. The van der Waals surface area contributed by atoms with E-state index >= 15 is 0 Å². The van der Waals surface area contributed by atoms with Gasteiger partial charge in [-0.1, -0.05) is 19.1 Å². The Labute approximate surface area is 105 Å². The van der Waals surface area contributed by atoms with E-state index in [2.05, 4.69) is 55.3 Å². The molecule has 3 atom stereocenters. The van der Waals surface area contributed by atoms with Gasteiger partial charge in [0.1, 0.15) is 0 Å². The van der Waals surface area contributed by atoms with Gasteiger partial charge >= 0.3 is 0 Å². The van der Waals surface area contributed by atoms with Gasteiger partial charge in [0.2, 0.25) is 0 Å². The first-order valence-corrected chi connectivity index (χ1v) is 6.65. The fourth-order valence-electron chi connectivity index (χ4n) is 2.78. The number of hydrogen-bond donors (Lipinski definition) is 1. The van der Waals surface area contributed by atoms with E-state index in [0.29, 0.717) is 12.1 Å². The van der Waals surface area contributed by atoms with Crippen LogP contribution < -0.4 is 10.2 Å². The highest BCUT2D eigenvalue weighted by Crippen LogP contribution is 2.29. The maximum absolute atomic E-state index is 3.27. The summed E-state index contributed by atoms with van der Waals surface area (Å²) in [6.45, 7) is 8.05. The summed E-state index contributed by atoms with van der Waals surface area (Å²) in [7, 11) is 2.00. The molecular weight excluding hydrogens is 208 g/mol. The number of nitrogens with one attached hydrogen (secondary N) is 1. The Morgan fingerprint density at radius 3 is 2.35 bits per heavy atom. The second-order valence-corrected chi connectivity index (χ2v) is 5.44. The van der Waals surface area contributed by atoms with Crippen LogP contribution in [-0.4, -0.2) is 19.6 Å². The SMILES string of the molecule is CNC(C)c1ccc(N2CC(C)CC2C)cc1. The highest BCUT2D eigenvalue weighted by atomic mass is 15.2. The summed E-state index contributed by atoms with van der Waals surface area (Å²) in [5.41, 5.74) is 2.73. The number of anilines is 1. The van der Waals surface area contributed by atoms with E-state index < -0.39 is 0 Å². The standard InChI is InChI=1S/C15H24N2/c1-11-9-12(2)17(10-11)15-7-5-14(6-8-15)13(3)16-4/h5-8,11-13,16H,9-10H2,1-4H3. The van der Waals surface area contributed by atoms with Crippen LogP contribution in [0.1, 0.15) is 38.8 Å². The van der Waals surface area contributed by atoms with Crippen molar-refractivity contribution in [2.75, 3.05) is 18.5 Å². The monoisotopic (exact) mass is 232 g/mol. The quantitative estimate of drug-likeness (QED) is 0.861. The third kappa shape index (κ3) is 2.63. The Balaban J connectivity index is 2.13. The molecule has 2 heteroatoms. The van der Waals surface area contributed by atoms with E-state index in [0.717, 1.165) is 5.92 Å². The Morgan fingerprint density at radius 2 is 1.88 bits per heavy atom. The minimum absolute atomic E-state index is 0.430. The highest BCUT2D eigenvalue weighted by Gasteiger charge is 2.25. The minimum Gasteiger partial charge on any atom is -0.369 e. The molecular formula is C15H24N2. The van der Waals surface area contributed by atoms with Crippen LogP contribution in [0.5, 0.6) is 0 Å². The van der Waals surface area contributed by atoms with Crippen molar-refractivity contribution in [2.45, 2.75) is 39.3 Å². The fourth-order valence-corrected chi connectivity index (χ4v) is 2.78. The van der Waals surface area contributed by atoms with Crippen LogP contribution in [0.15, 0.2) is 24.3 Å². The van der Waals surface area contributed by atoms with Crippen molar-refractivity contribution < 1.29 is 0 Å². The minimum atomic E-state index is 0.430. The Morgan fingerprint density at radius 1 is 1.24 bits per heavy atom. The largest absolute Gasteiger partial charge is 0.369 e. The lowest BCUT2D eigenvalue weighted by Gasteiger charge is -2.24. The van der Waals surface area contributed by atoms with E-state index in [4.69, 9.17) is 0 Å². The van der Waals surface area contributed by atoms with Gasteiger partial charge in [-0.05, 0) is 50.9 Å². The van der Waals surface area contributed by atoms with Crippen LogP contribution in [0.25, 0.3) is 0 Å². The lowest BCUT2D eigenvalue weighted by molar-refractivity contribution is 0.625. The van der Waals surface area contributed by atoms with E-state index in [1.807, 2.05) is 7.05 Å². The summed E-state index contributed by atoms with van der Waals surface area (Å²) < 4.78 is 0. The van der Waals surface area contributed by atoms with Gasteiger partial charge in [-0.25, -0.2) is 0 Å². The first-order chi connectivity index (χ1) is 8.11. The van der Waals surface area contributed by atoms with Crippen molar-refractivity contribution in [3.8, 4) is 0 Å². The van der Waals surface area contributed by atoms with Gasteiger partial charge in [-0.3, -0.25) is 0 Å². The second kappa shape index (κ2) is 5.09. The summed E-state index contributed by atoms with van der Waals surface area (Å²) >= 11 is 0. The zero-order chi connectivity index (χ0) is 12.4. The molecule has 0 aliphatic carbocycles. The molecule has 1 aliphatic heterocycles. The summed E-state index contributed by atoms with van der Waals surface area (Å²) in [4.78, 5) is 2.53. The van der Waals surface area contributed by atoms with Crippen molar-refractivity contribution in [2.24, 2.45) is 5.92 Å². The van der Waals surface area contributed by atoms with Crippen LogP contribution >= 0.6 is 0 Å². The lowest BCUT2D eigenvalue weighted by atomic mass is 10.1. The average molecular weight is 232 g/mol. The second-order valence-electron chi connectivity index (χ2n) is 5.44. The molecule has 1 N–H and O–H groups in total. The molecule has 1 aliphatic rings. The predicted molar refractivity (Wildman–Crippen MR) is 74.5 cm³/mol. The summed E-state index contributed by atoms with van der Waals surface area (Å²) in [5, 5.41) is 3.27. The van der Waals surface area contributed by atoms with Crippen LogP contribution in [-0.2, 0) is 0 Å². The smallest absolute Gasteiger partial charge is 0.0368 e. The van der Waals surface area contributed by atoms with E-state index in [9.17, 15) is 0 Å². The molecule has 1 aromatic carbocycles. The molecule has 1 saturated heterocycles. The molecule has 0 bridgehead atoms. The van der Waals surface area contributed by atoms with Crippen LogP contribution in [0, 0.1) is 5.92 Å². The first-order valence-electron chi connectivity index (χ1n) is 6.65. The number of nitrogens with zero attached hydrogens (tertiary/aromatic N) is 1. The van der Waals surface area contributed by atoms with Gasteiger partial charge in [0.05, 0.1) is 0 Å². The third-order valence-electron chi connectivity index (χ3n) is 3.94. The number of hydrogen-bond acceptors (Lipinski definition) is 2. The average Bonchev–Trinajstić information content (AvgIpc) is 2.68. The zero-order valence-corrected chi connectivity index (χ0v) is 11.4. The van der Waals surface area contributed by atoms with E-state index in [-0.39, 0.29) is 0 Å². The Bertz CT molecular complexity index is 358. The molecule has 0 amide bonds. The summed E-state index contributed by atoms with van der Waals surface area (Å²) in [6, 6.07) is 10.1. The lowest BCUT2D eigenvalue weighted by Crippen LogP contribution is -2.26. The van der Waals surface area contributed by atoms with Crippen molar-refractivity contribution in [3.63, 3.8) is 0 Å². The van der Waals surface area contributed by atoms with Gasteiger partial charge in [-0.15, -0.1) is 0 Å². The summed E-state index contributed by atoms with van der Waals surface area (Å²) in [5.74, 6) is 0.820. The molecule has 0 saturated carbocycles. The Kier molecular flexibility index (Phi) is 3.72. The molecule has 94 valence electrons. The molecule has 0 spiro atoms. The Hall–Kier alpha value is -1.02. The van der Waals surface area contributed by atoms with Gasteiger partial charge in [0.25, 0.3) is 0 Å². The summed E-state index contributed by atoms with van der Waals surface area (Å²) in [6.07, 6.45) is 1.31. The molecule has 2 nitrogen and oxygen atoms in total. The number of rotatable bonds is 3. The van der Waals surface area contributed by atoms with Gasteiger partial charge in [0.15, 0.2) is 0 Å². The molecule has 2 rings (SSSR count). The van der Waals surface area contributed by atoms with Crippen molar-refractivity contribution in [3.05, 3.63) is 29.8 Å². The molecule has 17 heavy (non-hydrogen) atoms. The maximum Gasteiger partial charge on any atom is 0.0368 e. The van der Waals surface area contributed by atoms with Crippen LogP contribution in [0.2, 0.25) is 0 Å².